The van der Waals surface area contributed by atoms with Crippen molar-refractivity contribution in [1.82, 2.24) is 9.80 Å². The standard InChI is InChI=1S/C27H29N3O6/c1-23(2)8-9-34-17-14(36-23)7-6-13-16(17)28-21(32)26(13)11-25-12-30-20(31)18-19(35-18)27(30,22(33)29(25)5)10-15(25)24(26,3)4/h6-9,15,18-19H,10-12H2,1-5H3,(H,28,32)/t15-,18+,19-,25+,26+,27+/m0/s1. The number of likely N-dealkylation sites (N-methyl/N-ethyl adjacent to an activating group) is 1. The minimum atomic E-state index is -0.954. The van der Waals surface area contributed by atoms with Gasteiger partial charge in [-0.1, -0.05) is 19.9 Å². The largest absolute Gasteiger partial charge is 0.480 e. The van der Waals surface area contributed by atoms with E-state index in [2.05, 4.69) is 19.2 Å². The molecule has 1 saturated carbocycles. The maximum absolute atomic E-state index is 14.1. The van der Waals surface area contributed by atoms with Gasteiger partial charge in [-0.15, -0.1) is 0 Å². The molecule has 3 spiro atoms. The average molecular weight is 492 g/mol. The van der Waals surface area contributed by atoms with E-state index in [4.69, 9.17) is 14.2 Å². The summed E-state index contributed by atoms with van der Waals surface area (Å²) in [5, 5.41) is 3.15. The summed E-state index contributed by atoms with van der Waals surface area (Å²) in [6, 6.07) is 3.86. The Labute approximate surface area is 208 Å². The smallest absolute Gasteiger partial charge is 0.255 e. The molecule has 9 rings (SSSR count). The third-order valence-electron chi connectivity index (χ3n) is 10.7. The molecule has 8 aliphatic rings. The lowest BCUT2D eigenvalue weighted by Crippen LogP contribution is -2.80. The summed E-state index contributed by atoms with van der Waals surface area (Å²) in [4.78, 5) is 44.7. The van der Waals surface area contributed by atoms with E-state index in [1.54, 1.807) is 11.2 Å². The number of hydrogen-bond acceptors (Lipinski definition) is 6. The highest BCUT2D eigenvalue weighted by Crippen LogP contribution is 2.73. The van der Waals surface area contributed by atoms with Crippen LogP contribution in [0.25, 0.3) is 0 Å². The number of amides is 3. The lowest BCUT2D eigenvalue weighted by molar-refractivity contribution is -0.196. The maximum Gasteiger partial charge on any atom is 0.255 e. The van der Waals surface area contributed by atoms with Crippen molar-refractivity contribution in [1.29, 1.82) is 0 Å². The van der Waals surface area contributed by atoms with Gasteiger partial charge in [-0.3, -0.25) is 14.4 Å². The van der Waals surface area contributed by atoms with Crippen molar-refractivity contribution >= 4 is 23.4 Å². The lowest BCUT2D eigenvalue weighted by atomic mass is 9.57. The highest BCUT2D eigenvalue weighted by Gasteiger charge is 2.85. The van der Waals surface area contributed by atoms with E-state index >= 15 is 0 Å². The zero-order valence-electron chi connectivity index (χ0n) is 21.0. The van der Waals surface area contributed by atoms with E-state index in [1.165, 1.54) is 0 Å². The van der Waals surface area contributed by atoms with Crippen LogP contribution in [0.4, 0.5) is 5.69 Å². The van der Waals surface area contributed by atoms with Gasteiger partial charge in [-0.25, -0.2) is 0 Å². The molecule has 2 bridgehead atoms. The SMILES string of the molecule is CN1C(=O)[C@]23C[C@H]4C(C)(C)[C@@]5(C[C@@]41CN2C(=O)[C@@H]1O[C@@H]13)C(=O)Nc1c5ccc2c1OC=CC(C)(C)O2. The Morgan fingerprint density at radius 3 is 2.67 bits per heavy atom. The molecule has 5 saturated heterocycles. The van der Waals surface area contributed by atoms with Crippen LogP contribution in [0.2, 0.25) is 0 Å². The molecular weight excluding hydrogens is 462 g/mol. The Morgan fingerprint density at radius 1 is 1.11 bits per heavy atom. The zero-order valence-corrected chi connectivity index (χ0v) is 21.0. The molecule has 0 unspecified atom stereocenters. The van der Waals surface area contributed by atoms with E-state index in [0.717, 1.165) is 5.56 Å². The van der Waals surface area contributed by atoms with Crippen LogP contribution >= 0.6 is 0 Å². The minimum Gasteiger partial charge on any atom is -0.480 e. The zero-order chi connectivity index (χ0) is 25.2. The highest BCUT2D eigenvalue weighted by molar-refractivity contribution is 6.10. The number of anilines is 1. The number of benzene rings is 1. The number of piperazine rings is 1. The first-order valence-electron chi connectivity index (χ1n) is 12.7. The number of nitrogens with zero attached hydrogens (tertiary/aromatic N) is 2. The van der Waals surface area contributed by atoms with E-state index in [1.807, 2.05) is 44.0 Å². The second-order valence-electron chi connectivity index (χ2n) is 12.7. The topological polar surface area (TPSA) is 101 Å². The Hall–Kier alpha value is -3.07. The number of epoxide rings is 1. The Balaban J connectivity index is 1.32. The van der Waals surface area contributed by atoms with Gasteiger partial charge in [0.15, 0.2) is 23.1 Å². The van der Waals surface area contributed by atoms with Crippen LogP contribution < -0.4 is 14.8 Å². The molecule has 36 heavy (non-hydrogen) atoms. The summed E-state index contributed by atoms with van der Waals surface area (Å²) in [6.45, 7) is 8.63. The van der Waals surface area contributed by atoms with Crippen molar-refractivity contribution in [3.05, 3.63) is 30.0 Å². The fourth-order valence-electron chi connectivity index (χ4n) is 8.85. The molecule has 0 radical (unpaired) electrons. The normalized spacial score (nSPS) is 43.2. The molecular formula is C27H29N3O6. The molecule has 9 nitrogen and oxygen atoms in total. The van der Waals surface area contributed by atoms with E-state index in [0.29, 0.717) is 36.6 Å². The number of carbonyl (C=O) groups is 3. The van der Waals surface area contributed by atoms with Crippen molar-refractivity contribution in [2.75, 3.05) is 18.9 Å². The number of carbonyl (C=O) groups excluding carboxylic acids is 3. The van der Waals surface area contributed by atoms with E-state index in [-0.39, 0.29) is 29.7 Å². The molecule has 1 aromatic rings. The fourth-order valence-corrected chi connectivity index (χ4v) is 8.85. The number of morpholine rings is 1. The summed E-state index contributed by atoms with van der Waals surface area (Å²) >= 11 is 0. The van der Waals surface area contributed by atoms with Crippen LogP contribution in [0.15, 0.2) is 24.5 Å². The first-order valence-corrected chi connectivity index (χ1v) is 12.7. The number of fused-ring (bicyclic) bond motifs is 6. The quantitative estimate of drug-likeness (QED) is 0.557. The Bertz CT molecular complexity index is 1370. The van der Waals surface area contributed by atoms with Gasteiger partial charge in [-0.05, 0) is 55.7 Å². The predicted octanol–water partition coefficient (Wildman–Crippen LogP) is 1.95. The van der Waals surface area contributed by atoms with Crippen molar-refractivity contribution in [3.63, 3.8) is 0 Å². The molecule has 9 heteroatoms. The molecule has 6 fully saturated rings. The van der Waals surface area contributed by atoms with Gasteiger partial charge in [0.1, 0.15) is 11.7 Å². The van der Waals surface area contributed by atoms with Gasteiger partial charge >= 0.3 is 0 Å². The predicted molar refractivity (Wildman–Crippen MR) is 126 cm³/mol. The summed E-state index contributed by atoms with van der Waals surface area (Å²) in [5.74, 6) is 0.846. The third kappa shape index (κ3) is 1.89. The van der Waals surface area contributed by atoms with Crippen LogP contribution in [0.5, 0.6) is 11.5 Å². The molecule has 0 aromatic heterocycles. The number of ether oxygens (including phenoxy) is 3. The molecule has 188 valence electrons. The molecule has 7 aliphatic heterocycles. The van der Waals surface area contributed by atoms with Crippen LogP contribution in [-0.4, -0.2) is 70.0 Å². The monoisotopic (exact) mass is 491 g/mol. The molecule has 6 atom stereocenters. The minimum absolute atomic E-state index is 0.00575. The number of hydrogen-bond donors (Lipinski definition) is 1. The molecule has 1 aromatic carbocycles. The Morgan fingerprint density at radius 2 is 1.89 bits per heavy atom. The van der Waals surface area contributed by atoms with Gasteiger partial charge in [0.25, 0.3) is 11.8 Å². The van der Waals surface area contributed by atoms with E-state index in [9.17, 15) is 14.4 Å². The molecule has 7 heterocycles. The number of nitrogens with one attached hydrogen (secondary N) is 1. The van der Waals surface area contributed by atoms with Crippen molar-refractivity contribution < 1.29 is 28.6 Å². The van der Waals surface area contributed by atoms with Crippen LogP contribution in [-0.2, 0) is 24.5 Å². The second kappa shape index (κ2) is 5.59. The summed E-state index contributed by atoms with van der Waals surface area (Å²) in [6.07, 6.45) is 3.54. The summed E-state index contributed by atoms with van der Waals surface area (Å²) in [5.41, 5.74) is -2.06. The van der Waals surface area contributed by atoms with Gasteiger partial charge in [0.05, 0.1) is 22.9 Å². The second-order valence-corrected chi connectivity index (χ2v) is 12.7. The van der Waals surface area contributed by atoms with Crippen molar-refractivity contribution in [2.24, 2.45) is 11.3 Å². The van der Waals surface area contributed by atoms with Crippen LogP contribution in [0.1, 0.15) is 46.1 Å². The van der Waals surface area contributed by atoms with Gasteiger partial charge in [-0.2, -0.15) is 0 Å². The first kappa shape index (κ1) is 21.1. The van der Waals surface area contributed by atoms with Gasteiger partial charge in [0, 0.05) is 13.6 Å². The first-order chi connectivity index (χ1) is 16.9. The number of rotatable bonds is 0. The average Bonchev–Trinajstić information content (AvgIpc) is 3.50. The molecule has 1 N–H and O–H groups in total. The van der Waals surface area contributed by atoms with Gasteiger partial charge in [0.2, 0.25) is 5.91 Å². The molecule has 1 aliphatic carbocycles. The third-order valence-corrected chi connectivity index (χ3v) is 10.7. The molecule has 3 amide bonds. The highest BCUT2D eigenvalue weighted by atomic mass is 16.6. The summed E-state index contributed by atoms with van der Waals surface area (Å²) < 4.78 is 17.9. The van der Waals surface area contributed by atoms with Crippen molar-refractivity contribution in [3.8, 4) is 11.5 Å². The number of piperidine rings is 2. The van der Waals surface area contributed by atoms with Crippen molar-refractivity contribution in [2.45, 2.75) is 74.8 Å². The van der Waals surface area contributed by atoms with Gasteiger partial charge < -0.3 is 29.3 Å². The maximum atomic E-state index is 14.1. The fraction of sp³-hybridized carbons (Fsp3) is 0.593. The Kier molecular flexibility index (Phi) is 3.27. The summed E-state index contributed by atoms with van der Waals surface area (Å²) in [7, 11) is 1.84. The van der Waals surface area contributed by atoms with Crippen LogP contribution in [0.3, 0.4) is 0 Å². The van der Waals surface area contributed by atoms with E-state index < -0.39 is 33.6 Å². The lowest BCUT2D eigenvalue weighted by Gasteiger charge is -2.64. The van der Waals surface area contributed by atoms with Crippen LogP contribution in [0, 0.1) is 11.3 Å².